The van der Waals surface area contributed by atoms with E-state index in [1.54, 1.807) is 7.11 Å². The second-order valence-electron chi connectivity index (χ2n) is 4.83. The topological polar surface area (TPSA) is 49.8 Å². The molecule has 0 spiro atoms. The number of carbonyl (C=O) groups is 1. The lowest BCUT2D eigenvalue weighted by Crippen LogP contribution is -2.35. The summed E-state index contributed by atoms with van der Waals surface area (Å²) in [4.78, 5) is 12.7. The number of fused-ring (bicyclic) bond motifs is 1. The van der Waals surface area contributed by atoms with Crippen LogP contribution in [0.2, 0.25) is 0 Å². The number of ether oxygens (including phenoxy) is 1. The predicted molar refractivity (Wildman–Crippen MR) is 69.1 cm³/mol. The first-order valence-corrected chi connectivity index (χ1v) is 6.13. The minimum Gasteiger partial charge on any atom is -0.496 e. The molecule has 0 atom stereocenters. The first-order chi connectivity index (χ1) is 8.52. The molecular weight excluding hydrogens is 230 g/mol. The standard InChI is InChI=1S/C14H19NO3/c1-9-6-13(18-3)10(2)11-4-5-15(7-12(9)11)8-14(16)17/h6H,4-5,7-8H2,1-3H3,(H,16,17). The van der Waals surface area contributed by atoms with Crippen molar-refractivity contribution in [2.45, 2.75) is 26.8 Å². The zero-order chi connectivity index (χ0) is 13.3. The van der Waals surface area contributed by atoms with E-state index in [0.717, 1.165) is 25.3 Å². The van der Waals surface area contributed by atoms with Gasteiger partial charge in [0.2, 0.25) is 0 Å². The number of aryl methyl sites for hydroxylation is 1. The maximum Gasteiger partial charge on any atom is 0.317 e. The molecule has 0 aromatic heterocycles. The second-order valence-corrected chi connectivity index (χ2v) is 4.83. The Kier molecular flexibility index (Phi) is 3.57. The molecule has 98 valence electrons. The van der Waals surface area contributed by atoms with Crippen molar-refractivity contribution in [1.29, 1.82) is 0 Å². The number of hydrogen-bond acceptors (Lipinski definition) is 3. The van der Waals surface area contributed by atoms with Crippen LogP contribution >= 0.6 is 0 Å². The van der Waals surface area contributed by atoms with Gasteiger partial charge < -0.3 is 9.84 Å². The molecule has 0 fully saturated rings. The van der Waals surface area contributed by atoms with Crippen LogP contribution in [0.25, 0.3) is 0 Å². The Morgan fingerprint density at radius 2 is 2.17 bits per heavy atom. The van der Waals surface area contributed by atoms with Crippen LogP contribution in [0.15, 0.2) is 6.07 Å². The molecular formula is C14H19NO3. The molecule has 1 aromatic rings. The Morgan fingerprint density at radius 1 is 1.44 bits per heavy atom. The highest BCUT2D eigenvalue weighted by Crippen LogP contribution is 2.31. The van der Waals surface area contributed by atoms with Gasteiger partial charge in [-0.15, -0.1) is 0 Å². The van der Waals surface area contributed by atoms with Crippen LogP contribution in [0.5, 0.6) is 5.75 Å². The van der Waals surface area contributed by atoms with Gasteiger partial charge in [0, 0.05) is 13.1 Å². The lowest BCUT2D eigenvalue weighted by Gasteiger charge is -2.30. The van der Waals surface area contributed by atoms with Gasteiger partial charge >= 0.3 is 5.97 Å². The summed E-state index contributed by atoms with van der Waals surface area (Å²) in [5, 5.41) is 8.86. The summed E-state index contributed by atoms with van der Waals surface area (Å²) in [6, 6.07) is 2.04. The molecule has 2 rings (SSSR count). The third kappa shape index (κ3) is 2.34. The fourth-order valence-corrected chi connectivity index (χ4v) is 2.67. The predicted octanol–water partition coefficient (Wildman–Crippen LogP) is 1.75. The van der Waals surface area contributed by atoms with Crippen molar-refractivity contribution in [3.8, 4) is 5.75 Å². The average molecular weight is 249 g/mol. The van der Waals surface area contributed by atoms with E-state index in [0.29, 0.717) is 0 Å². The van der Waals surface area contributed by atoms with Crippen molar-refractivity contribution in [2.24, 2.45) is 0 Å². The number of carboxylic acid groups (broad SMARTS) is 1. The fraction of sp³-hybridized carbons (Fsp3) is 0.500. The number of benzene rings is 1. The molecule has 1 aliphatic rings. The van der Waals surface area contributed by atoms with Crippen LogP contribution in [-0.4, -0.2) is 36.2 Å². The molecule has 0 bridgehead atoms. The highest BCUT2D eigenvalue weighted by atomic mass is 16.5. The number of rotatable bonds is 3. The number of nitrogens with zero attached hydrogens (tertiary/aromatic N) is 1. The van der Waals surface area contributed by atoms with Crippen LogP contribution in [-0.2, 0) is 17.8 Å². The van der Waals surface area contributed by atoms with Gasteiger partial charge in [0.05, 0.1) is 13.7 Å². The van der Waals surface area contributed by atoms with E-state index in [-0.39, 0.29) is 6.54 Å². The van der Waals surface area contributed by atoms with Crippen LogP contribution in [0.4, 0.5) is 0 Å². The van der Waals surface area contributed by atoms with Gasteiger partial charge in [0.25, 0.3) is 0 Å². The summed E-state index contributed by atoms with van der Waals surface area (Å²) in [5.41, 5.74) is 4.96. The molecule has 0 amide bonds. The van der Waals surface area contributed by atoms with Crippen LogP contribution < -0.4 is 4.74 Å². The Labute approximate surface area is 107 Å². The Hall–Kier alpha value is -1.55. The van der Waals surface area contributed by atoms with Crippen LogP contribution in [0.1, 0.15) is 22.3 Å². The zero-order valence-electron chi connectivity index (χ0n) is 11.1. The average Bonchev–Trinajstić information content (AvgIpc) is 2.33. The molecule has 1 aliphatic heterocycles. The van der Waals surface area contributed by atoms with Crippen molar-refractivity contribution in [3.05, 3.63) is 28.3 Å². The van der Waals surface area contributed by atoms with Gasteiger partial charge in [-0.3, -0.25) is 9.69 Å². The quantitative estimate of drug-likeness (QED) is 0.886. The van der Waals surface area contributed by atoms with Crippen molar-refractivity contribution in [3.63, 3.8) is 0 Å². The minimum atomic E-state index is -0.763. The van der Waals surface area contributed by atoms with Crippen LogP contribution in [0.3, 0.4) is 0 Å². The van der Waals surface area contributed by atoms with Gasteiger partial charge in [-0.25, -0.2) is 0 Å². The number of aliphatic carboxylic acids is 1. The van der Waals surface area contributed by atoms with E-state index in [4.69, 9.17) is 9.84 Å². The van der Waals surface area contributed by atoms with Gasteiger partial charge in [-0.2, -0.15) is 0 Å². The van der Waals surface area contributed by atoms with E-state index in [1.165, 1.54) is 22.3 Å². The molecule has 0 saturated heterocycles. The van der Waals surface area contributed by atoms with Gasteiger partial charge in [0.1, 0.15) is 5.75 Å². The van der Waals surface area contributed by atoms with Gasteiger partial charge in [-0.05, 0) is 48.6 Å². The van der Waals surface area contributed by atoms with E-state index >= 15 is 0 Å². The van der Waals surface area contributed by atoms with Gasteiger partial charge in [-0.1, -0.05) is 0 Å². The summed E-state index contributed by atoms with van der Waals surface area (Å²) >= 11 is 0. The minimum absolute atomic E-state index is 0.115. The largest absolute Gasteiger partial charge is 0.496 e. The molecule has 1 aromatic carbocycles. The molecule has 0 unspecified atom stereocenters. The fourth-order valence-electron chi connectivity index (χ4n) is 2.67. The van der Waals surface area contributed by atoms with E-state index in [2.05, 4.69) is 13.8 Å². The van der Waals surface area contributed by atoms with Gasteiger partial charge in [0.15, 0.2) is 0 Å². The number of carboxylic acids is 1. The Balaban J connectivity index is 2.33. The lowest BCUT2D eigenvalue weighted by atomic mass is 9.91. The van der Waals surface area contributed by atoms with Crippen molar-refractivity contribution in [2.75, 3.05) is 20.2 Å². The van der Waals surface area contributed by atoms with Crippen molar-refractivity contribution in [1.82, 2.24) is 4.90 Å². The Bertz CT molecular complexity index is 482. The zero-order valence-corrected chi connectivity index (χ0v) is 11.1. The SMILES string of the molecule is COc1cc(C)c2c(c1C)CCN(CC(=O)O)C2. The normalized spacial score (nSPS) is 15.3. The molecule has 4 heteroatoms. The molecule has 18 heavy (non-hydrogen) atoms. The van der Waals surface area contributed by atoms with Crippen molar-refractivity contribution >= 4 is 5.97 Å². The monoisotopic (exact) mass is 249 g/mol. The summed E-state index contributed by atoms with van der Waals surface area (Å²) in [7, 11) is 1.69. The highest BCUT2D eigenvalue weighted by Gasteiger charge is 2.22. The second kappa shape index (κ2) is 4.98. The molecule has 1 heterocycles. The third-order valence-electron chi connectivity index (χ3n) is 3.65. The molecule has 4 nitrogen and oxygen atoms in total. The number of methoxy groups -OCH3 is 1. The lowest BCUT2D eigenvalue weighted by molar-refractivity contribution is -0.138. The Morgan fingerprint density at radius 3 is 2.78 bits per heavy atom. The third-order valence-corrected chi connectivity index (χ3v) is 3.65. The number of hydrogen-bond donors (Lipinski definition) is 1. The first kappa shape index (κ1) is 12.9. The molecule has 0 aliphatic carbocycles. The molecule has 0 radical (unpaired) electrons. The summed E-state index contributed by atoms with van der Waals surface area (Å²) in [6.07, 6.45) is 0.895. The maximum atomic E-state index is 10.8. The summed E-state index contributed by atoms with van der Waals surface area (Å²) < 4.78 is 5.38. The first-order valence-electron chi connectivity index (χ1n) is 6.13. The smallest absolute Gasteiger partial charge is 0.317 e. The van der Waals surface area contributed by atoms with Crippen LogP contribution in [0, 0.1) is 13.8 Å². The van der Waals surface area contributed by atoms with E-state index in [1.807, 2.05) is 11.0 Å². The molecule has 1 N–H and O–H groups in total. The van der Waals surface area contributed by atoms with Crippen molar-refractivity contribution < 1.29 is 14.6 Å². The molecule has 0 saturated carbocycles. The maximum absolute atomic E-state index is 10.8. The van der Waals surface area contributed by atoms with E-state index < -0.39 is 5.97 Å². The summed E-state index contributed by atoms with van der Waals surface area (Å²) in [5.74, 6) is 0.166. The highest BCUT2D eigenvalue weighted by molar-refractivity contribution is 5.69. The summed E-state index contributed by atoms with van der Waals surface area (Å²) in [6.45, 7) is 5.77. The van der Waals surface area contributed by atoms with E-state index in [9.17, 15) is 4.79 Å².